The molecule has 0 bridgehead atoms. The molecule has 1 aliphatic heterocycles. The van der Waals surface area contributed by atoms with Gasteiger partial charge in [0.1, 0.15) is 0 Å². The summed E-state index contributed by atoms with van der Waals surface area (Å²) in [6.07, 6.45) is 1.99. The Bertz CT molecular complexity index is 408. The third kappa shape index (κ3) is 3.38. The minimum atomic E-state index is 0.115. The second-order valence-corrected chi connectivity index (χ2v) is 5.59. The van der Waals surface area contributed by atoms with Gasteiger partial charge in [0.2, 0.25) is 5.75 Å². The number of hydrogen-bond donors (Lipinski definition) is 0. The third-order valence-corrected chi connectivity index (χ3v) is 4.93. The van der Waals surface area contributed by atoms with Gasteiger partial charge in [0.25, 0.3) is 0 Å². The first-order valence-electron chi connectivity index (χ1n) is 6.72. The molecule has 1 aliphatic rings. The van der Waals surface area contributed by atoms with Gasteiger partial charge in [0.15, 0.2) is 11.5 Å². The molecule has 0 N–H and O–H groups in total. The van der Waals surface area contributed by atoms with E-state index in [-0.39, 0.29) is 5.41 Å². The number of para-hydroxylation sites is 1. The first kappa shape index (κ1) is 15.4. The van der Waals surface area contributed by atoms with E-state index in [1.807, 2.05) is 18.2 Å². The lowest BCUT2D eigenvalue weighted by Gasteiger charge is -2.35. The van der Waals surface area contributed by atoms with Gasteiger partial charge in [-0.15, -0.1) is 0 Å². The van der Waals surface area contributed by atoms with E-state index in [0.717, 1.165) is 31.4 Å². The van der Waals surface area contributed by atoms with Gasteiger partial charge >= 0.3 is 0 Å². The van der Waals surface area contributed by atoms with Crippen LogP contribution in [0.2, 0.25) is 0 Å². The molecule has 0 amide bonds. The molecule has 1 heterocycles. The molecule has 5 heteroatoms. The molecular weight excluding hydrogens is 324 g/mol. The van der Waals surface area contributed by atoms with E-state index in [9.17, 15) is 0 Å². The number of ether oxygens (including phenoxy) is 4. The highest BCUT2D eigenvalue weighted by atomic mass is 79.9. The SMILES string of the molecule is COc1cccc(OC)c1OCC1(CBr)CCOCC1. The number of rotatable bonds is 6. The maximum Gasteiger partial charge on any atom is 0.203 e. The number of hydrogen-bond acceptors (Lipinski definition) is 4. The Labute approximate surface area is 128 Å². The molecule has 0 aliphatic carbocycles. The van der Waals surface area contributed by atoms with Crippen LogP contribution in [0.3, 0.4) is 0 Å². The molecule has 1 aromatic carbocycles. The fourth-order valence-electron chi connectivity index (χ4n) is 2.31. The van der Waals surface area contributed by atoms with Gasteiger partial charge in [-0.25, -0.2) is 0 Å². The molecule has 1 saturated heterocycles. The summed E-state index contributed by atoms with van der Waals surface area (Å²) in [5.41, 5.74) is 0.115. The lowest BCUT2D eigenvalue weighted by molar-refractivity contribution is 0.00271. The molecule has 20 heavy (non-hydrogen) atoms. The molecule has 0 spiro atoms. The Kier molecular flexibility index (Phi) is 5.54. The molecule has 1 fully saturated rings. The van der Waals surface area contributed by atoms with Crippen LogP contribution in [0.15, 0.2) is 18.2 Å². The Morgan fingerprint density at radius 3 is 2.25 bits per heavy atom. The first-order chi connectivity index (χ1) is 9.74. The summed E-state index contributed by atoms with van der Waals surface area (Å²) in [6.45, 7) is 2.20. The second-order valence-electron chi connectivity index (χ2n) is 5.03. The molecule has 0 radical (unpaired) electrons. The van der Waals surface area contributed by atoms with Gasteiger partial charge in [-0.05, 0) is 25.0 Å². The molecule has 2 rings (SSSR count). The Hall–Kier alpha value is -0.940. The van der Waals surface area contributed by atoms with Crippen LogP contribution in [0.25, 0.3) is 0 Å². The highest BCUT2D eigenvalue weighted by Gasteiger charge is 2.33. The highest BCUT2D eigenvalue weighted by Crippen LogP contribution is 2.40. The maximum atomic E-state index is 6.05. The lowest BCUT2D eigenvalue weighted by Crippen LogP contribution is -2.36. The van der Waals surface area contributed by atoms with Crippen molar-refractivity contribution in [1.29, 1.82) is 0 Å². The topological polar surface area (TPSA) is 36.9 Å². The second kappa shape index (κ2) is 7.18. The lowest BCUT2D eigenvalue weighted by atomic mass is 9.83. The van der Waals surface area contributed by atoms with Gasteiger partial charge in [-0.3, -0.25) is 0 Å². The zero-order valence-electron chi connectivity index (χ0n) is 12.0. The fourth-order valence-corrected chi connectivity index (χ4v) is 3.03. The summed E-state index contributed by atoms with van der Waals surface area (Å²) in [6, 6.07) is 5.64. The average molecular weight is 345 g/mol. The summed E-state index contributed by atoms with van der Waals surface area (Å²) < 4.78 is 22.2. The fraction of sp³-hybridized carbons (Fsp3) is 0.600. The summed E-state index contributed by atoms with van der Waals surface area (Å²) in [5, 5.41) is 0.904. The van der Waals surface area contributed by atoms with Crippen molar-refractivity contribution in [2.45, 2.75) is 12.8 Å². The van der Waals surface area contributed by atoms with Crippen molar-refractivity contribution < 1.29 is 18.9 Å². The van der Waals surface area contributed by atoms with E-state index in [1.165, 1.54) is 0 Å². The van der Waals surface area contributed by atoms with Crippen LogP contribution in [-0.2, 0) is 4.74 Å². The van der Waals surface area contributed by atoms with Crippen LogP contribution >= 0.6 is 15.9 Å². The van der Waals surface area contributed by atoms with Gasteiger partial charge in [0, 0.05) is 24.0 Å². The minimum absolute atomic E-state index is 0.115. The zero-order valence-corrected chi connectivity index (χ0v) is 13.6. The number of halogens is 1. The molecule has 112 valence electrons. The monoisotopic (exact) mass is 344 g/mol. The van der Waals surface area contributed by atoms with Crippen LogP contribution in [0.1, 0.15) is 12.8 Å². The van der Waals surface area contributed by atoms with Crippen LogP contribution in [0.5, 0.6) is 17.2 Å². The Morgan fingerprint density at radius 1 is 1.15 bits per heavy atom. The molecule has 0 unspecified atom stereocenters. The van der Waals surface area contributed by atoms with Gasteiger partial charge in [0.05, 0.1) is 20.8 Å². The van der Waals surface area contributed by atoms with Crippen molar-refractivity contribution in [3.63, 3.8) is 0 Å². The van der Waals surface area contributed by atoms with Crippen LogP contribution in [0, 0.1) is 5.41 Å². The first-order valence-corrected chi connectivity index (χ1v) is 7.84. The molecule has 0 aromatic heterocycles. The summed E-state index contributed by atoms with van der Waals surface area (Å²) in [7, 11) is 3.27. The van der Waals surface area contributed by atoms with E-state index in [4.69, 9.17) is 18.9 Å². The summed E-state index contributed by atoms with van der Waals surface area (Å²) in [4.78, 5) is 0. The molecule has 0 atom stereocenters. The Morgan fingerprint density at radius 2 is 1.75 bits per heavy atom. The molecular formula is C15H21BrO4. The van der Waals surface area contributed by atoms with Gasteiger partial charge in [-0.1, -0.05) is 22.0 Å². The zero-order chi connectivity index (χ0) is 14.4. The maximum absolute atomic E-state index is 6.05. The van der Waals surface area contributed by atoms with Crippen molar-refractivity contribution in [2.75, 3.05) is 39.4 Å². The van der Waals surface area contributed by atoms with Crippen LogP contribution < -0.4 is 14.2 Å². The normalized spacial score (nSPS) is 17.6. The largest absolute Gasteiger partial charge is 0.493 e. The van der Waals surface area contributed by atoms with E-state index in [2.05, 4.69) is 15.9 Å². The average Bonchev–Trinajstić information content (AvgIpc) is 2.53. The number of alkyl halides is 1. The smallest absolute Gasteiger partial charge is 0.203 e. The predicted molar refractivity (Wildman–Crippen MR) is 81.3 cm³/mol. The van der Waals surface area contributed by atoms with Crippen molar-refractivity contribution in [2.24, 2.45) is 5.41 Å². The summed E-state index contributed by atoms with van der Waals surface area (Å²) >= 11 is 3.61. The number of methoxy groups -OCH3 is 2. The van der Waals surface area contributed by atoms with Gasteiger partial charge < -0.3 is 18.9 Å². The highest BCUT2D eigenvalue weighted by molar-refractivity contribution is 9.09. The quantitative estimate of drug-likeness (QED) is 0.742. The van der Waals surface area contributed by atoms with E-state index < -0.39 is 0 Å². The minimum Gasteiger partial charge on any atom is -0.493 e. The van der Waals surface area contributed by atoms with Crippen molar-refractivity contribution in [3.05, 3.63) is 18.2 Å². The van der Waals surface area contributed by atoms with Crippen LogP contribution in [0.4, 0.5) is 0 Å². The standard InChI is InChI=1S/C15H21BrO4/c1-17-12-4-3-5-13(18-2)14(12)20-11-15(10-16)6-8-19-9-7-15/h3-5H,6-11H2,1-2H3. The van der Waals surface area contributed by atoms with E-state index in [0.29, 0.717) is 23.9 Å². The van der Waals surface area contributed by atoms with Crippen molar-refractivity contribution >= 4 is 15.9 Å². The molecule has 4 nitrogen and oxygen atoms in total. The molecule has 1 aromatic rings. The number of benzene rings is 1. The van der Waals surface area contributed by atoms with Crippen LogP contribution in [-0.4, -0.2) is 39.4 Å². The Balaban J connectivity index is 2.13. The predicted octanol–water partition coefficient (Wildman–Crippen LogP) is 3.27. The summed E-state index contributed by atoms with van der Waals surface area (Å²) in [5.74, 6) is 2.06. The molecule has 0 saturated carbocycles. The van der Waals surface area contributed by atoms with Crippen molar-refractivity contribution in [3.8, 4) is 17.2 Å². The van der Waals surface area contributed by atoms with Crippen molar-refractivity contribution in [1.82, 2.24) is 0 Å². The van der Waals surface area contributed by atoms with E-state index >= 15 is 0 Å². The third-order valence-electron chi connectivity index (χ3n) is 3.74. The van der Waals surface area contributed by atoms with E-state index in [1.54, 1.807) is 14.2 Å². The van der Waals surface area contributed by atoms with Gasteiger partial charge in [-0.2, -0.15) is 0 Å².